The fourth-order valence-electron chi connectivity index (χ4n) is 2.60. The number of methoxy groups -OCH3 is 1. The molecule has 0 fully saturated rings. The number of benzene rings is 2. The summed E-state index contributed by atoms with van der Waals surface area (Å²) in [5.41, 5.74) is 1.64. The number of fused-ring (bicyclic) bond motifs is 1. The maximum atomic E-state index is 12.0. The van der Waals surface area contributed by atoms with Crippen LogP contribution in [0.2, 0.25) is 0 Å². The Kier molecular flexibility index (Phi) is 5.68. The van der Waals surface area contributed by atoms with Gasteiger partial charge in [-0.2, -0.15) is 0 Å². The molecular weight excluding hydrogens is 354 g/mol. The van der Waals surface area contributed by atoms with Gasteiger partial charge < -0.3 is 18.9 Å². The standard InChI is InChI=1S/C19H17NO7/c1-24-17-4-2-3-13(7-17)5-6-18(21)26-11-15-9-16(20(22)23)8-14-10-25-12-27-19(14)15/h2-9H,10-12H2,1H3/b6-5+. The lowest BCUT2D eigenvalue weighted by molar-refractivity contribution is -0.385. The smallest absolute Gasteiger partial charge is 0.331 e. The molecule has 2 aromatic carbocycles. The Morgan fingerprint density at radius 1 is 1.33 bits per heavy atom. The summed E-state index contributed by atoms with van der Waals surface area (Å²) in [5.74, 6) is 0.551. The molecule has 1 aliphatic rings. The van der Waals surface area contributed by atoms with Gasteiger partial charge in [0.1, 0.15) is 18.1 Å². The summed E-state index contributed by atoms with van der Waals surface area (Å²) in [7, 11) is 1.56. The largest absolute Gasteiger partial charge is 0.497 e. The lowest BCUT2D eigenvalue weighted by Gasteiger charge is -2.20. The zero-order valence-electron chi connectivity index (χ0n) is 14.5. The highest BCUT2D eigenvalue weighted by Crippen LogP contribution is 2.33. The molecule has 2 aromatic rings. The van der Waals surface area contributed by atoms with E-state index in [-0.39, 0.29) is 25.7 Å². The lowest BCUT2D eigenvalue weighted by atomic mass is 10.1. The van der Waals surface area contributed by atoms with Gasteiger partial charge in [0.15, 0.2) is 6.79 Å². The van der Waals surface area contributed by atoms with Crippen LogP contribution in [-0.4, -0.2) is 24.8 Å². The second kappa shape index (κ2) is 8.33. The Bertz CT molecular complexity index is 892. The average Bonchev–Trinajstić information content (AvgIpc) is 2.70. The maximum Gasteiger partial charge on any atom is 0.331 e. The van der Waals surface area contributed by atoms with Crippen molar-refractivity contribution in [2.75, 3.05) is 13.9 Å². The van der Waals surface area contributed by atoms with Gasteiger partial charge in [-0.1, -0.05) is 12.1 Å². The zero-order valence-corrected chi connectivity index (χ0v) is 14.5. The van der Waals surface area contributed by atoms with Crippen LogP contribution in [0.1, 0.15) is 16.7 Å². The van der Waals surface area contributed by atoms with Crippen LogP contribution in [0, 0.1) is 10.1 Å². The van der Waals surface area contributed by atoms with E-state index < -0.39 is 10.9 Å². The summed E-state index contributed by atoms with van der Waals surface area (Å²) >= 11 is 0. The summed E-state index contributed by atoms with van der Waals surface area (Å²) in [6.07, 6.45) is 2.88. The molecule has 140 valence electrons. The van der Waals surface area contributed by atoms with Gasteiger partial charge in [-0.15, -0.1) is 0 Å². The number of hydrogen-bond donors (Lipinski definition) is 0. The lowest BCUT2D eigenvalue weighted by Crippen LogP contribution is -2.14. The third-order valence-electron chi connectivity index (χ3n) is 3.86. The number of nitro benzene ring substituents is 1. The van der Waals surface area contributed by atoms with E-state index in [9.17, 15) is 14.9 Å². The van der Waals surface area contributed by atoms with Crippen molar-refractivity contribution in [3.8, 4) is 11.5 Å². The van der Waals surface area contributed by atoms with Crippen LogP contribution in [0.3, 0.4) is 0 Å². The monoisotopic (exact) mass is 371 g/mol. The van der Waals surface area contributed by atoms with Gasteiger partial charge in [-0.05, 0) is 23.8 Å². The van der Waals surface area contributed by atoms with Crippen LogP contribution in [0.25, 0.3) is 6.08 Å². The number of ether oxygens (including phenoxy) is 4. The van der Waals surface area contributed by atoms with Gasteiger partial charge in [0.2, 0.25) is 0 Å². The van der Waals surface area contributed by atoms with Crippen LogP contribution in [0.4, 0.5) is 5.69 Å². The number of hydrogen-bond acceptors (Lipinski definition) is 7. The van der Waals surface area contributed by atoms with E-state index in [0.717, 1.165) is 5.56 Å². The van der Waals surface area contributed by atoms with Crippen molar-refractivity contribution in [2.45, 2.75) is 13.2 Å². The SMILES string of the molecule is COc1cccc(/C=C/C(=O)OCc2cc([N+](=O)[O-])cc3c2OCOC3)c1. The molecule has 8 nitrogen and oxygen atoms in total. The van der Waals surface area contributed by atoms with Crippen LogP contribution < -0.4 is 9.47 Å². The number of nitrogens with zero attached hydrogens (tertiary/aromatic N) is 1. The van der Waals surface area contributed by atoms with Crippen molar-refractivity contribution in [1.82, 2.24) is 0 Å². The predicted molar refractivity (Wildman–Crippen MR) is 95.2 cm³/mol. The quantitative estimate of drug-likeness (QED) is 0.333. The molecule has 0 bridgehead atoms. The number of esters is 1. The highest BCUT2D eigenvalue weighted by molar-refractivity contribution is 5.87. The normalized spacial score (nSPS) is 12.9. The van der Waals surface area contributed by atoms with Gasteiger partial charge in [0.25, 0.3) is 5.69 Å². The molecule has 0 atom stereocenters. The molecule has 8 heteroatoms. The first-order chi connectivity index (χ1) is 13.1. The number of rotatable bonds is 6. The minimum Gasteiger partial charge on any atom is -0.497 e. The predicted octanol–water partition coefficient (Wildman–Crippen LogP) is 3.23. The fourth-order valence-corrected chi connectivity index (χ4v) is 2.60. The van der Waals surface area contributed by atoms with Crippen molar-refractivity contribution < 1.29 is 28.7 Å². The minimum atomic E-state index is -0.579. The molecule has 0 amide bonds. The molecule has 0 saturated carbocycles. The Morgan fingerprint density at radius 2 is 2.19 bits per heavy atom. The molecule has 0 saturated heterocycles. The molecule has 0 spiro atoms. The zero-order chi connectivity index (χ0) is 19.2. The molecule has 3 rings (SSSR count). The van der Waals surface area contributed by atoms with Gasteiger partial charge in [-0.3, -0.25) is 10.1 Å². The van der Waals surface area contributed by atoms with Crippen LogP contribution >= 0.6 is 0 Å². The third kappa shape index (κ3) is 4.62. The van der Waals surface area contributed by atoms with Crippen molar-refractivity contribution in [1.29, 1.82) is 0 Å². The summed E-state index contributed by atoms with van der Waals surface area (Å²) in [5, 5.41) is 11.1. The van der Waals surface area contributed by atoms with E-state index in [2.05, 4.69) is 0 Å². The van der Waals surface area contributed by atoms with Crippen molar-refractivity contribution in [3.05, 3.63) is 69.3 Å². The number of nitro groups is 1. The van der Waals surface area contributed by atoms with E-state index in [1.54, 1.807) is 31.4 Å². The second-order valence-corrected chi connectivity index (χ2v) is 5.68. The van der Waals surface area contributed by atoms with E-state index in [4.69, 9.17) is 18.9 Å². The minimum absolute atomic E-state index is 0.0432. The van der Waals surface area contributed by atoms with Crippen LogP contribution in [-0.2, 0) is 27.5 Å². The van der Waals surface area contributed by atoms with Crippen molar-refractivity contribution >= 4 is 17.7 Å². The molecule has 0 radical (unpaired) electrons. The average molecular weight is 371 g/mol. The molecular formula is C19H17NO7. The highest BCUT2D eigenvalue weighted by atomic mass is 16.7. The van der Waals surface area contributed by atoms with Crippen LogP contribution in [0.15, 0.2) is 42.5 Å². The second-order valence-electron chi connectivity index (χ2n) is 5.68. The Morgan fingerprint density at radius 3 is 2.96 bits per heavy atom. The molecule has 0 unspecified atom stereocenters. The maximum absolute atomic E-state index is 12.0. The van der Waals surface area contributed by atoms with Gasteiger partial charge in [-0.25, -0.2) is 4.79 Å². The van der Waals surface area contributed by atoms with E-state index in [1.807, 2.05) is 6.07 Å². The summed E-state index contributed by atoms with van der Waals surface area (Å²) in [6, 6.07) is 9.92. The topological polar surface area (TPSA) is 97.1 Å². The first-order valence-corrected chi connectivity index (χ1v) is 8.06. The molecule has 1 aliphatic heterocycles. The third-order valence-corrected chi connectivity index (χ3v) is 3.86. The number of non-ortho nitro benzene ring substituents is 1. The van der Waals surface area contributed by atoms with Gasteiger partial charge >= 0.3 is 5.97 Å². The Balaban J connectivity index is 1.70. The van der Waals surface area contributed by atoms with Crippen LogP contribution in [0.5, 0.6) is 11.5 Å². The van der Waals surface area contributed by atoms with Gasteiger partial charge in [0.05, 0.1) is 18.6 Å². The van der Waals surface area contributed by atoms with E-state index in [0.29, 0.717) is 22.6 Å². The summed E-state index contributed by atoms with van der Waals surface area (Å²) in [4.78, 5) is 22.6. The van der Waals surface area contributed by atoms with E-state index in [1.165, 1.54) is 18.2 Å². The Hall–Kier alpha value is -3.39. The first kappa shape index (κ1) is 18.4. The molecule has 0 N–H and O–H groups in total. The summed E-state index contributed by atoms with van der Waals surface area (Å²) in [6.45, 7) is 0.0977. The van der Waals surface area contributed by atoms with Crippen molar-refractivity contribution in [2.24, 2.45) is 0 Å². The molecule has 27 heavy (non-hydrogen) atoms. The molecule has 0 aliphatic carbocycles. The van der Waals surface area contributed by atoms with E-state index >= 15 is 0 Å². The highest BCUT2D eigenvalue weighted by Gasteiger charge is 2.21. The number of carbonyl (C=O) groups is 1. The molecule has 1 heterocycles. The fraction of sp³-hybridized carbons (Fsp3) is 0.211. The number of carbonyl (C=O) groups excluding carboxylic acids is 1. The van der Waals surface area contributed by atoms with Crippen molar-refractivity contribution in [3.63, 3.8) is 0 Å². The molecule has 0 aromatic heterocycles. The first-order valence-electron chi connectivity index (χ1n) is 8.06. The Labute approximate surface area is 155 Å². The van der Waals surface area contributed by atoms with Gasteiger partial charge in [0, 0.05) is 29.3 Å². The summed E-state index contributed by atoms with van der Waals surface area (Å²) < 4.78 is 20.9.